The summed E-state index contributed by atoms with van der Waals surface area (Å²) in [7, 11) is -4.22. The van der Waals surface area contributed by atoms with Gasteiger partial charge in [0.15, 0.2) is 0 Å². The summed E-state index contributed by atoms with van der Waals surface area (Å²) in [6.07, 6.45) is -1.40. The van der Waals surface area contributed by atoms with Crippen LogP contribution in [0.4, 0.5) is 0 Å². The number of nitrogens with one attached hydrogen (secondary N) is 1. The van der Waals surface area contributed by atoms with E-state index in [0.717, 1.165) is 5.56 Å². The highest BCUT2D eigenvalue weighted by molar-refractivity contribution is 7.61. The van der Waals surface area contributed by atoms with Crippen molar-refractivity contribution in [2.24, 2.45) is 0 Å². The molecule has 0 spiro atoms. The molecule has 2 aromatic carbocycles. The van der Waals surface area contributed by atoms with Crippen molar-refractivity contribution in [2.75, 3.05) is 6.54 Å². The Morgan fingerprint density at radius 3 is 2.19 bits per heavy atom. The fourth-order valence-corrected chi connectivity index (χ4v) is 3.45. The minimum absolute atomic E-state index is 0.0800. The number of hydrogen-bond acceptors (Lipinski definition) is 4. The van der Waals surface area contributed by atoms with Crippen LogP contribution in [0.25, 0.3) is 0 Å². The zero-order valence-electron chi connectivity index (χ0n) is 13.9. The molecule has 0 aliphatic rings. The largest absolute Gasteiger partial charge is 0.481 e. The van der Waals surface area contributed by atoms with Gasteiger partial charge in [0.25, 0.3) is 0 Å². The second-order valence-electron chi connectivity index (χ2n) is 5.57. The minimum Gasteiger partial charge on any atom is -0.481 e. The molecule has 1 unspecified atom stereocenters. The highest BCUT2D eigenvalue weighted by Crippen LogP contribution is 2.42. The van der Waals surface area contributed by atoms with Crippen LogP contribution in [0.3, 0.4) is 0 Å². The molecule has 0 fully saturated rings. The average Bonchev–Trinajstić information content (AvgIpc) is 2.62. The van der Waals surface area contributed by atoms with E-state index in [0.29, 0.717) is 0 Å². The number of carbonyl (C=O) groups is 2. The Hall–Kier alpha value is -2.47. The lowest BCUT2D eigenvalue weighted by molar-refractivity contribution is -0.137. The SMILES string of the molecule is O=C(O)CCNC(=O)[C@H](Cc1ccccc1)OP(=O)(O)c1ccccc1. The maximum absolute atomic E-state index is 12.6. The molecule has 0 aliphatic carbocycles. The Bertz CT molecular complexity index is 781. The van der Waals surface area contributed by atoms with E-state index in [1.165, 1.54) is 12.1 Å². The van der Waals surface area contributed by atoms with Crippen LogP contribution < -0.4 is 10.6 Å². The van der Waals surface area contributed by atoms with Crippen molar-refractivity contribution < 1.29 is 28.7 Å². The van der Waals surface area contributed by atoms with Crippen molar-refractivity contribution in [3.8, 4) is 0 Å². The van der Waals surface area contributed by atoms with Crippen molar-refractivity contribution in [1.82, 2.24) is 5.32 Å². The Balaban J connectivity index is 2.15. The first-order valence-electron chi connectivity index (χ1n) is 7.99. The summed E-state index contributed by atoms with van der Waals surface area (Å²) in [5.41, 5.74) is 0.749. The summed E-state index contributed by atoms with van der Waals surface area (Å²) in [6.45, 7) is -0.0934. The minimum atomic E-state index is -4.22. The number of hydrogen-bond donors (Lipinski definition) is 3. The Morgan fingerprint density at radius 2 is 1.62 bits per heavy atom. The van der Waals surface area contributed by atoms with Gasteiger partial charge in [0, 0.05) is 13.0 Å². The van der Waals surface area contributed by atoms with Gasteiger partial charge in [-0.05, 0) is 17.7 Å². The van der Waals surface area contributed by atoms with Crippen molar-refractivity contribution in [3.63, 3.8) is 0 Å². The smallest absolute Gasteiger partial charge is 0.359 e. The predicted octanol–water partition coefficient (Wildman–Crippen LogP) is 1.72. The maximum atomic E-state index is 12.6. The van der Waals surface area contributed by atoms with E-state index in [4.69, 9.17) is 9.63 Å². The van der Waals surface area contributed by atoms with Gasteiger partial charge in [0.2, 0.25) is 5.91 Å². The number of carboxylic acid groups (broad SMARTS) is 1. The Labute approximate surface area is 151 Å². The number of amides is 1. The predicted molar refractivity (Wildman–Crippen MR) is 96.2 cm³/mol. The molecule has 0 bridgehead atoms. The molecule has 0 aromatic heterocycles. The van der Waals surface area contributed by atoms with E-state index in [1.54, 1.807) is 42.5 Å². The summed E-state index contributed by atoms with van der Waals surface area (Å²) in [5.74, 6) is -1.69. The molecule has 138 valence electrons. The third kappa shape index (κ3) is 6.11. The lowest BCUT2D eigenvalue weighted by atomic mass is 10.1. The second-order valence-corrected chi connectivity index (χ2v) is 7.34. The van der Waals surface area contributed by atoms with Crippen molar-refractivity contribution in [3.05, 3.63) is 66.2 Å². The van der Waals surface area contributed by atoms with Crippen LogP contribution in [0, 0.1) is 0 Å². The summed E-state index contributed by atoms with van der Waals surface area (Å²) in [4.78, 5) is 33.2. The number of carbonyl (C=O) groups excluding carboxylic acids is 1. The summed E-state index contributed by atoms with van der Waals surface area (Å²) in [5, 5.41) is 11.2. The van der Waals surface area contributed by atoms with Crippen molar-refractivity contribution in [1.29, 1.82) is 0 Å². The van der Waals surface area contributed by atoms with Crippen LogP contribution in [0.2, 0.25) is 0 Å². The van der Waals surface area contributed by atoms with Gasteiger partial charge in [0.05, 0.1) is 11.7 Å². The maximum Gasteiger partial charge on any atom is 0.359 e. The normalized spacial score (nSPS) is 14.2. The van der Waals surface area contributed by atoms with E-state index in [2.05, 4.69) is 5.32 Å². The monoisotopic (exact) mass is 377 g/mol. The number of benzene rings is 2. The van der Waals surface area contributed by atoms with E-state index in [-0.39, 0.29) is 24.7 Å². The summed E-state index contributed by atoms with van der Waals surface area (Å²) < 4.78 is 17.9. The second kappa shape index (κ2) is 9.29. The zero-order chi connectivity index (χ0) is 19.0. The molecule has 0 heterocycles. The molecule has 2 aromatic rings. The first-order chi connectivity index (χ1) is 12.4. The third-order valence-corrected chi connectivity index (χ3v) is 5.04. The van der Waals surface area contributed by atoms with Gasteiger partial charge >= 0.3 is 13.6 Å². The Morgan fingerprint density at radius 1 is 1.04 bits per heavy atom. The number of carboxylic acids is 1. The van der Waals surface area contributed by atoms with Crippen LogP contribution in [0.1, 0.15) is 12.0 Å². The summed E-state index contributed by atoms with van der Waals surface area (Å²) >= 11 is 0. The molecule has 7 nitrogen and oxygen atoms in total. The Kier molecular flexibility index (Phi) is 7.09. The van der Waals surface area contributed by atoms with Crippen LogP contribution in [0.15, 0.2) is 60.7 Å². The van der Waals surface area contributed by atoms with Gasteiger partial charge in [-0.3, -0.25) is 18.7 Å². The topological polar surface area (TPSA) is 113 Å². The molecule has 1 amide bonds. The molecule has 0 aliphatic heterocycles. The molecule has 0 saturated carbocycles. The molecule has 26 heavy (non-hydrogen) atoms. The van der Waals surface area contributed by atoms with Gasteiger partial charge in [-0.2, -0.15) is 0 Å². The fourth-order valence-electron chi connectivity index (χ4n) is 2.26. The van der Waals surface area contributed by atoms with E-state index in [1.807, 2.05) is 6.07 Å². The number of rotatable bonds is 9. The first kappa shape index (κ1) is 19.8. The van der Waals surface area contributed by atoms with E-state index < -0.39 is 25.6 Å². The van der Waals surface area contributed by atoms with Gasteiger partial charge in [-0.1, -0.05) is 48.5 Å². The average molecular weight is 377 g/mol. The molecule has 3 N–H and O–H groups in total. The van der Waals surface area contributed by atoms with Crippen LogP contribution in [-0.2, 0) is 25.1 Å². The molecule has 8 heteroatoms. The van der Waals surface area contributed by atoms with E-state index >= 15 is 0 Å². The molecule has 0 saturated heterocycles. The fraction of sp³-hybridized carbons (Fsp3) is 0.222. The van der Waals surface area contributed by atoms with Gasteiger partial charge in [0.1, 0.15) is 6.10 Å². The van der Waals surface area contributed by atoms with Crippen molar-refractivity contribution in [2.45, 2.75) is 18.9 Å². The van der Waals surface area contributed by atoms with Gasteiger partial charge in [-0.25, -0.2) is 0 Å². The van der Waals surface area contributed by atoms with Gasteiger partial charge in [-0.15, -0.1) is 0 Å². The molecule has 2 rings (SSSR count). The molecular weight excluding hydrogens is 357 g/mol. The summed E-state index contributed by atoms with van der Waals surface area (Å²) in [6, 6.07) is 16.7. The quantitative estimate of drug-likeness (QED) is 0.574. The third-order valence-electron chi connectivity index (χ3n) is 3.55. The van der Waals surface area contributed by atoms with Crippen LogP contribution in [0.5, 0.6) is 0 Å². The highest BCUT2D eigenvalue weighted by Gasteiger charge is 2.31. The van der Waals surface area contributed by atoms with Crippen molar-refractivity contribution >= 4 is 24.8 Å². The van der Waals surface area contributed by atoms with E-state index in [9.17, 15) is 19.0 Å². The molecule has 2 atom stereocenters. The van der Waals surface area contributed by atoms with Crippen LogP contribution in [-0.4, -0.2) is 34.5 Å². The molecular formula is C18H20NO6P. The number of aliphatic carboxylic acids is 1. The highest BCUT2D eigenvalue weighted by atomic mass is 31.2. The lowest BCUT2D eigenvalue weighted by Crippen LogP contribution is -2.39. The van der Waals surface area contributed by atoms with Crippen LogP contribution >= 0.6 is 7.60 Å². The standard InChI is InChI=1S/C18H20NO6P/c20-17(21)11-12-19-18(22)16(13-14-7-3-1-4-8-14)25-26(23,24)15-9-5-2-6-10-15/h1-10,16H,11-13H2,(H,19,22)(H,20,21)(H,23,24)/t16-/m0/s1. The lowest BCUT2D eigenvalue weighted by Gasteiger charge is -2.21. The zero-order valence-corrected chi connectivity index (χ0v) is 14.8. The molecule has 0 radical (unpaired) electrons. The van der Waals surface area contributed by atoms with Gasteiger partial charge < -0.3 is 15.3 Å². The first-order valence-corrected chi connectivity index (χ1v) is 9.56.